The van der Waals surface area contributed by atoms with E-state index in [1.54, 1.807) is 4.42 Å². The van der Waals surface area contributed by atoms with Crippen molar-refractivity contribution in [2.45, 2.75) is 33.6 Å². The number of hydrogen-bond acceptors (Lipinski definition) is 1. The van der Waals surface area contributed by atoms with Gasteiger partial charge in [0, 0.05) is 13.1 Å². The molecule has 0 spiro atoms. The Balaban J connectivity index is -0.000000120. The summed E-state index contributed by atoms with van der Waals surface area (Å²) in [4.78, 5) is 0. The lowest BCUT2D eigenvalue weighted by atomic mass is 10.5. The third-order valence-electron chi connectivity index (χ3n) is 1.55. The maximum Gasteiger partial charge on any atom is 0.0110 e. The molecule has 0 aliphatic heterocycles. The fourth-order valence-electron chi connectivity index (χ4n) is 0.390. The molecule has 1 aliphatic carbocycles. The van der Waals surface area contributed by atoms with E-state index in [9.17, 15) is 0 Å². The van der Waals surface area contributed by atoms with Gasteiger partial charge in [0.15, 0.2) is 0 Å². The van der Waals surface area contributed by atoms with E-state index in [0.29, 0.717) is 0 Å². The highest BCUT2D eigenvalue weighted by atomic mass is 35.5. The molecule has 0 aromatic heterocycles. The van der Waals surface area contributed by atoms with Crippen LogP contribution in [-0.4, -0.2) is 23.0 Å². The van der Waals surface area contributed by atoms with E-state index in [-0.39, 0.29) is 17.9 Å². The minimum atomic E-state index is 0. The van der Waals surface area contributed by atoms with Crippen molar-refractivity contribution in [1.82, 2.24) is 4.42 Å². The van der Waals surface area contributed by atoms with Crippen LogP contribution in [0, 0.1) is 5.92 Å². The van der Waals surface area contributed by atoms with Crippen LogP contribution in [0.5, 0.6) is 0 Å². The van der Waals surface area contributed by atoms with Crippen LogP contribution in [0.2, 0.25) is 0 Å². The van der Waals surface area contributed by atoms with Crippen LogP contribution in [0.25, 0.3) is 0 Å². The van der Waals surface area contributed by atoms with Crippen LogP contribution in [0.15, 0.2) is 0 Å². The second kappa shape index (κ2) is 11.5. The molecule has 1 fully saturated rings. The van der Waals surface area contributed by atoms with E-state index in [4.69, 9.17) is 11.8 Å². The van der Waals surface area contributed by atoms with Crippen molar-refractivity contribution >= 4 is 24.2 Å². The van der Waals surface area contributed by atoms with Crippen molar-refractivity contribution < 1.29 is 5.48 Å². The Hall–Kier alpha value is 0.500. The van der Waals surface area contributed by atoms with Gasteiger partial charge in [-0.25, -0.2) is 4.42 Å². The first-order chi connectivity index (χ1) is 4.70. The Bertz CT molecular complexity index is 75.5. The van der Waals surface area contributed by atoms with Crippen molar-refractivity contribution in [2.24, 2.45) is 5.92 Å². The molecule has 0 unspecified atom stereocenters. The Morgan fingerprint density at radius 1 is 1.25 bits per heavy atom. The second-order valence-corrected chi connectivity index (χ2v) is 3.26. The summed E-state index contributed by atoms with van der Waals surface area (Å²) in [5, 5.41) is 0. The summed E-state index contributed by atoms with van der Waals surface area (Å²) in [5.41, 5.74) is 0. The largest absolute Gasteiger partial charge is 0.412 e. The molecule has 78 valence electrons. The van der Waals surface area contributed by atoms with Crippen molar-refractivity contribution in [3.8, 4) is 0 Å². The van der Waals surface area contributed by atoms with Gasteiger partial charge in [-0.1, -0.05) is 33.6 Å². The molecule has 12 heavy (non-hydrogen) atoms. The Kier molecular flexibility index (Phi) is 17.6. The lowest BCUT2D eigenvalue weighted by Crippen LogP contribution is -2.08. The maximum absolute atomic E-state index is 5.48. The van der Waals surface area contributed by atoms with Crippen molar-refractivity contribution in [3.05, 3.63) is 0 Å². The highest BCUT2D eigenvalue weighted by molar-refractivity contribution is 6.13. The molecular weight excluding hydrogens is 197 g/mol. The van der Waals surface area contributed by atoms with Gasteiger partial charge >= 0.3 is 0 Å². The summed E-state index contributed by atoms with van der Waals surface area (Å²) in [7, 11) is 0. The fourth-order valence-corrected chi connectivity index (χ4v) is 0.390. The summed E-state index contributed by atoms with van der Waals surface area (Å²) in [5.74, 6) is 1.08. The lowest BCUT2D eigenvalue weighted by molar-refractivity contribution is 0.507. The predicted octanol–water partition coefficient (Wildman–Crippen LogP) is 2.50. The quantitative estimate of drug-likeness (QED) is 0.655. The molecule has 0 aromatic carbocycles. The maximum atomic E-state index is 5.48. The minimum Gasteiger partial charge on any atom is -0.412 e. The van der Waals surface area contributed by atoms with E-state index in [0.717, 1.165) is 19.0 Å². The van der Waals surface area contributed by atoms with Crippen LogP contribution < -0.4 is 0 Å². The molecule has 0 amide bonds. The Morgan fingerprint density at radius 3 is 1.50 bits per heavy atom. The summed E-state index contributed by atoms with van der Waals surface area (Å²) in [6.45, 7) is 8.18. The molecular formula is C8H21Cl2NO. The van der Waals surface area contributed by atoms with Crippen LogP contribution in [0.1, 0.15) is 33.6 Å². The van der Waals surface area contributed by atoms with E-state index in [1.165, 1.54) is 12.8 Å². The molecule has 0 heterocycles. The third-order valence-corrected chi connectivity index (χ3v) is 2.03. The molecule has 2 N–H and O–H groups in total. The van der Waals surface area contributed by atoms with Gasteiger partial charge in [-0.15, -0.1) is 12.4 Å². The van der Waals surface area contributed by atoms with Crippen molar-refractivity contribution in [3.63, 3.8) is 0 Å². The smallest absolute Gasteiger partial charge is 0.0110 e. The average Bonchev–Trinajstić information content (AvgIpc) is 2.71. The molecule has 0 aromatic rings. The Labute approximate surface area is 87.1 Å². The zero-order valence-corrected chi connectivity index (χ0v) is 9.71. The SMILES string of the molecule is CC1CC1.CCN(Cl)CC.Cl.O. The third kappa shape index (κ3) is 16.8. The van der Waals surface area contributed by atoms with E-state index in [1.807, 2.05) is 13.8 Å². The van der Waals surface area contributed by atoms with Crippen LogP contribution in [-0.2, 0) is 0 Å². The average molecular weight is 218 g/mol. The number of halogens is 2. The molecule has 4 heteroatoms. The monoisotopic (exact) mass is 217 g/mol. The van der Waals surface area contributed by atoms with Gasteiger partial charge in [-0.3, -0.25) is 0 Å². The minimum absolute atomic E-state index is 0. The molecule has 0 radical (unpaired) electrons. The molecule has 1 rings (SSSR count). The summed E-state index contributed by atoms with van der Waals surface area (Å²) in [6, 6.07) is 0. The van der Waals surface area contributed by atoms with E-state index >= 15 is 0 Å². The van der Waals surface area contributed by atoms with Gasteiger partial charge in [0.05, 0.1) is 0 Å². The van der Waals surface area contributed by atoms with Crippen LogP contribution >= 0.6 is 24.2 Å². The first kappa shape index (κ1) is 18.3. The first-order valence-electron chi connectivity index (χ1n) is 4.11. The van der Waals surface area contributed by atoms with Crippen molar-refractivity contribution in [2.75, 3.05) is 13.1 Å². The summed E-state index contributed by atoms with van der Waals surface area (Å²) in [6.07, 6.45) is 2.97. The van der Waals surface area contributed by atoms with Gasteiger partial charge in [-0.05, 0) is 17.7 Å². The molecule has 2 nitrogen and oxygen atoms in total. The van der Waals surface area contributed by atoms with Gasteiger partial charge in [0.25, 0.3) is 0 Å². The van der Waals surface area contributed by atoms with Gasteiger partial charge in [0.2, 0.25) is 0 Å². The van der Waals surface area contributed by atoms with Gasteiger partial charge in [0.1, 0.15) is 0 Å². The standard InChI is InChI=1S/C4H10ClN.C4H8.ClH.H2O/c1-3-6(5)4-2;1-4-2-3-4;;/h3-4H2,1-2H3;4H,2-3H2,1H3;1H;1H2. The lowest BCUT2D eigenvalue weighted by Gasteiger charge is -2.03. The molecule has 0 saturated heterocycles. The summed E-state index contributed by atoms with van der Waals surface area (Å²) < 4.78 is 1.72. The highest BCUT2D eigenvalue weighted by Crippen LogP contribution is 2.26. The molecule has 0 atom stereocenters. The topological polar surface area (TPSA) is 34.7 Å². The van der Waals surface area contributed by atoms with E-state index < -0.39 is 0 Å². The molecule has 1 saturated carbocycles. The van der Waals surface area contributed by atoms with Crippen LogP contribution in [0.4, 0.5) is 0 Å². The second-order valence-electron chi connectivity index (χ2n) is 2.78. The predicted molar refractivity (Wildman–Crippen MR) is 58.0 cm³/mol. The van der Waals surface area contributed by atoms with Crippen molar-refractivity contribution in [1.29, 1.82) is 0 Å². The number of hydrogen-bond donors (Lipinski definition) is 0. The number of nitrogens with zero attached hydrogens (tertiary/aromatic N) is 1. The zero-order valence-electron chi connectivity index (χ0n) is 8.14. The van der Waals surface area contributed by atoms with Crippen LogP contribution in [0.3, 0.4) is 0 Å². The zero-order chi connectivity index (χ0) is 7.98. The van der Waals surface area contributed by atoms with Gasteiger partial charge < -0.3 is 5.48 Å². The molecule has 0 bridgehead atoms. The summed E-state index contributed by atoms with van der Waals surface area (Å²) >= 11 is 5.48. The Morgan fingerprint density at radius 2 is 1.50 bits per heavy atom. The first-order valence-corrected chi connectivity index (χ1v) is 4.45. The highest BCUT2D eigenvalue weighted by Gasteiger charge is 2.12. The number of rotatable bonds is 2. The fraction of sp³-hybridized carbons (Fsp3) is 1.00. The normalized spacial score (nSPS) is 13.8. The molecule has 1 aliphatic rings. The van der Waals surface area contributed by atoms with Gasteiger partial charge in [-0.2, -0.15) is 0 Å². The van der Waals surface area contributed by atoms with E-state index in [2.05, 4.69) is 6.92 Å².